The van der Waals surface area contributed by atoms with Gasteiger partial charge in [0.2, 0.25) is 40.9 Å². The lowest BCUT2D eigenvalue weighted by Gasteiger charge is -2.23. The molecule has 0 aliphatic carbocycles. The number of rotatable bonds is 37. The standard InChI is InChI=1S/C25H27ClN4O3.C24H26ClN5O3.C19H16ClN3O2.C17H12ClN3O2.C13H12ClN3O2.C7H7ClN2O2.CH4.HI/c1-33-23(31)15-7-2-3-10-16-27-24(32)19-17-28-25(29-18-19)30(20-11-5-4-6-12-20)22-14-9-8-13-21(22)26;25-20-12-7-8-13-21(20)30(19-10-4-3-5-11-19)24-27-16-18(17-28-24)23(32)26-15-9-2-1-6-14-22(31)29-33;1-2-25-18(24)14-12-21-19(22-13-14)23(15-8-4-3-5-9-15)17-11-7-6-10-16(17)20;18-14-8-4-5-9-15(14)21(13-6-2-1-3-7-13)17-19-10-12(11-20-17)16(22)23;1-2-19-12(18)9-7-15-13(16-8-9)17-11-6-4-3-5-10(11)14;1-2-12-6(11)5-3-9-7(8)10-4-5;;/h4-6,8-9,11-14,17-18H,2-3,7,10,15-16H2,1H3,(H,27,32);3-5,7-8,10-13,16-17,33H,1-2,6,9,14-15H2,(H,26,32)(H,29,31);3-13H,2H2,1H3;1-11H,(H,22,23);3-8H,2H2,1H3,(H,15,16,17);3-4H,2H2,1H3;1H4;1H. The van der Waals surface area contributed by atoms with E-state index >= 15 is 0 Å². The number of nitrogens with one attached hydrogen (secondary N) is 4. The first-order valence-electron chi connectivity index (χ1n) is 45.3. The summed E-state index contributed by atoms with van der Waals surface area (Å²) < 4.78 is 19.1. The van der Waals surface area contributed by atoms with Gasteiger partial charge in [0.05, 0.1) is 114 Å². The van der Waals surface area contributed by atoms with Crippen molar-refractivity contribution in [2.75, 3.05) is 64.9 Å². The molecule has 0 saturated carbocycles. The minimum atomic E-state index is -1.07. The number of anilines is 14. The molecule has 41 heteroatoms. The van der Waals surface area contributed by atoms with E-state index in [9.17, 15) is 38.4 Å². The average Bonchev–Trinajstić information content (AvgIpc) is 0.811. The first-order valence-corrected chi connectivity index (χ1v) is 47.6. The minimum absolute atomic E-state index is 0. The highest BCUT2D eigenvalue weighted by Gasteiger charge is 2.25. The second-order valence-corrected chi connectivity index (χ2v) is 32.5. The summed E-state index contributed by atoms with van der Waals surface area (Å²) in [7, 11) is 1.39. The van der Waals surface area contributed by atoms with Gasteiger partial charge in [0, 0.05) is 123 Å². The number of carboxylic acids is 1. The summed E-state index contributed by atoms with van der Waals surface area (Å²) in [6.07, 6.45) is 24.3. The quantitative estimate of drug-likeness (QED) is 0.00400. The molecule has 9 aromatic carbocycles. The van der Waals surface area contributed by atoms with Gasteiger partial charge in [-0.15, -0.1) is 24.0 Å². The summed E-state index contributed by atoms with van der Waals surface area (Å²) in [6.45, 7) is 7.25. The van der Waals surface area contributed by atoms with Gasteiger partial charge in [-0.3, -0.25) is 44.0 Å². The van der Waals surface area contributed by atoms with Gasteiger partial charge in [-0.1, -0.05) is 225 Å². The molecule has 0 spiro atoms. The molecule has 6 N–H and O–H groups in total. The van der Waals surface area contributed by atoms with Crippen LogP contribution in [0.1, 0.15) is 155 Å². The molecule has 0 fully saturated rings. The predicted molar refractivity (Wildman–Crippen MR) is 580 cm³/mol. The van der Waals surface area contributed by atoms with Crippen molar-refractivity contribution in [1.29, 1.82) is 0 Å². The van der Waals surface area contributed by atoms with Gasteiger partial charge < -0.3 is 40.0 Å². The Balaban J connectivity index is 0.000000219. The first kappa shape index (κ1) is 117. The van der Waals surface area contributed by atoms with Crippen LogP contribution in [0.25, 0.3) is 0 Å². The highest BCUT2D eigenvalue weighted by atomic mass is 127. The highest BCUT2D eigenvalue weighted by molar-refractivity contribution is 14.0. The number of hydrogen-bond acceptors (Lipinski definition) is 30. The Morgan fingerprint density at radius 2 is 0.585 bits per heavy atom. The number of unbranched alkanes of at least 4 members (excludes halogenated alkanes) is 6. The van der Waals surface area contributed by atoms with Gasteiger partial charge in [0.1, 0.15) is 0 Å². The SMILES string of the molecule is C.CCOC(=O)c1cnc(Cl)nc1.CCOC(=O)c1cnc(N(c2ccccc2)c2ccccc2Cl)nc1.CCOC(=O)c1cnc(Nc2ccccc2Cl)nc1.COC(=O)CCCCCCNC(=O)c1cnc(N(c2ccccc2)c2ccccc2Cl)nc1.I.O=C(CCCCCCNC(=O)c1cnc(N(c2ccccc2)c2ccccc2Cl)nc1)NO.O=C(O)c1cnc(N(c2ccccc2)c2ccccc2Cl)nc1. The molecular weight excluding hydrogens is 2120 g/mol. The number of aromatic carboxylic acids is 1. The molecule has 0 saturated heterocycles. The zero-order chi connectivity index (χ0) is 103. The van der Waals surface area contributed by atoms with Crippen molar-refractivity contribution in [3.05, 3.63) is 381 Å². The smallest absolute Gasteiger partial charge is 0.341 e. The van der Waals surface area contributed by atoms with E-state index in [2.05, 4.69) is 80.5 Å². The summed E-state index contributed by atoms with van der Waals surface area (Å²) in [4.78, 5) is 149. The fourth-order valence-corrected chi connectivity index (χ4v) is 14.2. The Kier molecular flexibility index (Phi) is 50.7. The topological polar surface area (TPSA) is 430 Å². The van der Waals surface area contributed by atoms with Crippen molar-refractivity contribution in [3.8, 4) is 0 Å². The monoisotopic (exact) mass is 2220 g/mol. The maximum atomic E-state index is 12.4. The Bertz CT molecular complexity index is 6450. The average molecular weight is 2220 g/mol. The number of ether oxygens (including phenoxy) is 4. The third kappa shape index (κ3) is 37.3. The van der Waals surface area contributed by atoms with E-state index in [1.807, 2.05) is 233 Å². The van der Waals surface area contributed by atoms with E-state index in [0.717, 1.165) is 84.8 Å². The molecule has 0 aliphatic heterocycles. The van der Waals surface area contributed by atoms with Crippen molar-refractivity contribution in [2.45, 2.75) is 92.4 Å². The number of amides is 3. The third-order valence-electron chi connectivity index (χ3n) is 20.0. The summed E-state index contributed by atoms with van der Waals surface area (Å²) in [6, 6.07) is 75.4. The van der Waals surface area contributed by atoms with Crippen molar-refractivity contribution < 1.29 is 67.6 Å². The molecule has 3 amide bonds. The van der Waals surface area contributed by atoms with Crippen LogP contribution in [0, 0.1) is 0 Å². The van der Waals surface area contributed by atoms with Crippen LogP contribution >= 0.6 is 93.6 Å². The number of aromatic nitrogens is 12. The predicted octanol–water partition coefficient (Wildman–Crippen LogP) is 24.9. The van der Waals surface area contributed by atoms with Crippen LogP contribution in [0.15, 0.2) is 317 Å². The second kappa shape index (κ2) is 63.7. The summed E-state index contributed by atoms with van der Waals surface area (Å²) in [5, 5.41) is 29.1. The summed E-state index contributed by atoms with van der Waals surface area (Å²) in [5.41, 5.74) is 10.3. The number of halogens is 7. The fourth-order valence-electron chi connectivity index (χ4n) is 13.0. The van der Waals surface area contributed by atoms with Crippen LogP contribution in [-0.2, 0) is 28.5 Å². The van der Waals surface area contributed by atoms with E-state index in [0.29, 0.717) is 146 Å². The van der Waals surface area contributed by atoms with Gasteiger partial charge in [-0.25, -0.2) is 84.5 Å². The van der Waals surface area contributed by atoms with E-state index in [4.69, 9.17) is 94.1 Å². The zero-order valence-electron chi connectivity index (χ0n) is 79.3. The third-order valence-corrected chi connectivity index (χ3v) is 21.8. The maximum absolute atomic E-state index is 12.4. The van der Waals surface area contributed by atoms with Crippen LogP contribution in [-0.4, -0.2) is 158 Å². The van der Waals surface area contributed by atoms with E-state index in [-0.39, 0.29) is 65.9 Å². The molecule has 762 valence electrons. The number of carboxylic acid groups (broad SMARTS) is 1. The fraction of sp³-hybridized carbons (Fsp3) is 0.189. The number of para-hydroxylation sites is 9. The number of benzene rings is 9. The molecule has 0 aliphatic rings. The summed E-state index contributed by atoms with van der Waals surface area (Å²) in [5.74, 6) is -1.50. The molecule has 6 heterocycles. The van der Waals surface area contributed by atoms with E-state index < -0.39 is 23.9 Å². The molecule has 6 aromatic heterocycles. The molecule has 34 nitrogen and oxygen atoms in total. The maximum Gasteiger partial charge on any atom is 0.341 e. The molecule has 15 rings (SSSR count). The van der Waals surface area contributed by atoms with Gasteiger partial charge in [0.15, 0.2) is 0 Å². The van der Waals surface area contributed by atoms with E-state index in [1.54, 1.807) is 55.4 Å². The Hall–Kier alpha value is -15.4. The largest absolute Gasteiger partial charge is 0.478 e. The van der Waals surface area contributed by atoms with Gasteiger partial charge in [-0.05, 0) is 167 Å². The Morgan fingerprint density at radius 3 is 0.878 bits per heavy atom. The van der Waals surface area contributed by atoms with Crippen molar-refractivity contribution >= 4 is 222 Å². The van der Waals surface area contributed by atoms with E-state index in [1.165, 1.54) is 81.5 Å². The lowest BCUT2D eigenvalue weighted by atomic mass is 10.1. The lowest BCUT2D eigenvalue weighted by Crippen LogP contribution is -2.25. The molecule has 147 heavy (non-hydrogen) atoms. The van der Waals surface area contributed by atoms with Crippen molar-refractivity contribution in [2.24, 2.45) is 0 Å². The molecular formula is C106H105Cl6IN20O14. The molecule has 0 radical (unpaired) electrons. The minimum Gasteiger partial charge on any atom is -0.478 e. The van der Waals surface area contributed by atoms with Crippen LogP contribution in [0.2, 0.25) is 30.4 Å². The number of methoxy groups -OCH3 is 1. The van der Waals surface area contributed by atoms with Gasteiger partial charge >= 0.3 is 29.8 Å². The highest BCUT2D eigenvalue weighted by Crippen LogP contribution is 2.41. The van der Waals surface area contributed by atoms with Crippen molar-refractivity contribution in [1.82, 2.24) is 75.9 Å². The van der Waals surface area contributed by atoms with Crippen LogP contribution in [0.4, 0.5) is 80.9 Å². The van der Waals surface area contributed by atoms with Crippen molar-refractivity contribution in [3.63, 3.8) is 0 Å². The lowest BCUT2D eigenvalue weighted by molar-refractivity contribution is -0.140. The molecule has 0 unspecified atom stereocenters. The zero-order valence-corrected chi connectivity index (χ0v) is 86.1. The van der Waals surface area contributed by atoms with Crippen LogP contribution in [0.3, 0.4) is 0 Å². The number of hydroxylamine groups is 1. The Morgan fingerprint density at radius 1 is 0.320 bits per heavy atom. The normalized spacial score (nSPS) is 10.1. The van der Waals surface area contributed by atoms with Gasteiger partial charge in [0.25, 0.3) is 11.8 Å². The number of hydrogen-bond donors (Lipinski definition) is 6. The van der Waals surface area contributed by atoms with Crippen LogP contribution < -0.4 is 41.0 Å². The number of carbonyl (C=O) groups is 8. The molecule has 0 bridgehead atoms. The first-order chi connectivity index (χ1) is 70.5. The van der Waals surface area contributed by atoms with Crippen LogP contribution in [0.5, 0.6) is 0 Å². The molecule has 15 aromatic rings. The Labute approximate surface area is 897 Å². The summed E-state index contributed by atoms with van der Waals surface area (Å²) >= 11 is 37.0. The number of nitrogens with zero attached hydrogens (tertiary/aromatic N) is 16. The number of carbonyl (C=O) groups excluding carboxylic acids is 7. The molecule has 0 atom stereocenters. The van der Waals surface area contributed by atoms with Gasteiger partial charge in [-0.2, -0.15) is 0 Å². The number of esters is 4. The second-order valence-electron chi connectivity index (χ2n) is 30.1.